The summed E-state index contributed by atoms with van der Waals surface area (Å²) in [5, 5.41) is 4.29. The zero-order valence-electron chi connectivity index (χ0n) is 14.4. The summed E-state index contributed by atoms with van der Waals surface area (Å²) < 4.78 is 1.72. The van der Waals surface area contributed by atoms with Gasteiger partial charge in [-0.2, -0.15) is 0 Å². The van der Waals surface area contributed by atoms with E-state index in [1.165, 1.54) is 5.56 Å². The SMILES string of the molecule is CC(C)c1ccc2c(ccc(=O)n2CCC(=O)N2CCNCC2)c1. The van der Waals surface area contributed by atoms with Crippen molar-refractivity contribution < 1.29 is 4.79 Å². The number of benzene rings is 1. The fourth-order valence-electron chi connectivity index (χ4n) is 3.19. The number of hydrogen-bond acceptors (Lipinski definition) is 3. The normalized spacial score (nSPS) is 15.2. The third-order valence-electron chi connectivity index (χ3n) is 4.70. The topological polar surface area (TPSA) is 54.3 Å². The Morgan fingerprint density at radius 3 is 2.62 bits per heavy atom. The van der Waals surface area contributed by atoms with Crippen molar-refractivity contribution in [3.8, 4) is 0 Å². The first kappa shape index (κ1) is 16.7. The van der Waals surface area contributed by atoms with Crippen LogP contribution in [0.2, 0.25) is 0 Å². The molecule has 1 N–H and O–H groups in total. The molecule has 3 rings (SSSR count). The second kappa shape index (κ2) is 7.18. The van der Waals surface area contributed by atoms with Crippen molar-refractivity contribution in [3.05, 3.63) is 46.2 Å². The summed E-state index contributed by atoms with van der Waals surface area (Å²) in [7, 11) is 0. The summed E-state index contributed by atoms with van der Waals surface area (Å²) >= 11 is 0. The van der Waals surface area contributed by atoms with Gasteiger partial charge in [-0.15, -0.1) is 0 Å². The number of piperazine rings is 1. The maximum atomic E-state index is 12.3. The average molecular weight is 327 g/mol. The molecule has 1 fully saturated rings. The summed E-state index contributed by atoms with van der Waals surface area (Å²) in [5.74, 6) is 0.572. The zero-order valence-corrected chi connectivity index (χ0v) is 14.4. The summed E-state index contributed by atoms with van der Waals surface area (Å²) in [4.78, 5) is 26.5. The molecule has 1 amide bonds. The van der Waals surface area contributed by atoms with Gasteiger partial charge in [0.2, 0.25) is 5.91 Å². The van der Waals surface area contributed by atoms with Gasteiger partial charge in [-0.05, 0) is 35.1 Å². The molecule has 1 aliphatic heterocycles. The van der Waals surface area contributed by atoms with E-state index in [9.17, 15) is 9.59 Å². The van der Waals surface area contributed by atoms with E-state index in [4.69, 9.17) is 0 Å². The first-order chi connectivity index (χ1) is 11.6. The van der Waals surface area contributed by atoms with Crippen LogP contribution in [0, 0.1) is 0 Å². The highest BCUT2D eigenvalue weighted by molar-refractivity contribution is 5.80. The third kappa shape index (κ3) is 3.51. The van der Waals surface area contributed by atoms with Crippen LogP contribution in [-0.4, -0.2) is 41.6 Å². The lowest BCUT2D eigenvalue weighted by Crippen LogP contribution is -2.46. The Morgan fingerprint density at radius 1 is 1.17 bits per heavy atom. The molecule has 0 saturated carbocycles. The number of carbonyl (C=O) groups is 1. The van der Waals surface area contributed by atoms with Crippen LogP contribution < -0.4 is 10.9 Å². The molecule has 5 nitrogen and oxygen atoms in total. The van der Waals surface area contributed by atoms with E-state index in [0.717, 1.165) is 37.1 Å². The molecule has 1 aromatic heterocycles. The monoisotopic (exact) mass is 327 g/mol. The van der Waals surface area contributed by atoms with Gasteiger partial charge in [0.15, 0.2) is 0 Å². The van der Waals surface area contributed by atoms with Gasteiger partial charge in [0.05, 0.1) is 5.52 Å². The fourth-order valence-corrected chi connectivity index (χ4v) is 3.19. The van der Waals surface area contributed by atoms with Crippen LogP contribution in [-0.2, 0) is 11.3 Å². The number of rotatable bonds is 4. The van der Waals surface area contributed by atoms with Crippen LogP contribution in [0.4, 0.5) is 0 Å². The first-order valence-corrected chi connectivity index (χ1v) is 8.68. The maximum Gasteiger partial charge on any atom is 0.251 e. The number of amides is 1. The third-order valence-corrected chi connectivity index (χ3v) is 4.70. The van der Waals surface area contributed by atoms with Gasteiger partial charge in [-0.25, -0.2) is 0 Å². The van der Waals surface area contributed by atoms with Gasteiger partial charge in [-0.3, -0.25) is 9.59 Å². The lowest BCUT2D eigenvalue weighted by molar-refractivity contribution is -0.131. The largest absolute Gasteiger partial charge is 0.340 e. The minimum atomic E-state index is -0.0482. The summed E-state index contributed by atoms with van der Waals surface area (Å²) in [6.45, 7) is 7.94. The van der Waals surface area contributed by atoms with Crippen molar-refractivity contribution in [2.45, 2.75) is 32.7 Å². The number of aryl methyl sites for hydroxylation is 1. The molecular weight excluding hydrogens is 302 g/mol. The molecule has 0 bridgehead atoms. The van der Waals surface area contributed by atoms with Gasteiger partial charge in [0, 0.05) is 45.2 Å². The average Bonchev–Trinajstić information content (AvgIpc) is 2.61. The molecule has 2 aromatic rings. The van der Waals surface area contributed by atoms with E-state index >= 15 is 0 Å². The Balaban J connectivity index is 1.81. The Hall–Kier alpha value is -2.14. The van der Waals surface area contributed by atoms with Crippen molar-refractivity contribution in [2.24, 2.45) is 0 Å². The number of hydrogen-bond donors (Lipinski definition) is 1. The maximum absolute atomic E-state index is 12.3. The molecular formula is C19H25N3O2. The molecule has 0 unspecified atom stereocenters. The number of carbonyl (C=O) groups excluding carboxylic acids is 1. The van der Waals surface area contributed by atoms with Gasteiger partial charge in [0.1, 0.15) is 0 Å². The highest BCUT2D eigenvalue weighted by atomic mass is 16.2. The quantitative estimate of drug-likeness (QED) is 0.934. The molecule has 0 spiro atoms. The molecule has 0 radical (unpaired) electrons. The zero-order chi connectivity index (χ0) is 17.1. The summed E-state index contributed by atoms with van der Waals surface area (Å²) in [5.41, 5.74) is 2.11. The van der Waals surface area contributed by atoms with Gasteiger partial charge < -0.3 is 14.8 Å². The highest BCUT2D eigenvalue weighted by Crippen LogP contribution is 2.20. The molecule has 1 saturated heterocycles. The van der Waals surface area contributed by atoms with E-state index in [0.29, 0.717) is 18.9 Å². The lowest BCUT2D eigenvalue weighted by atomic mass is 10.0. The molecule has 0 atom stereocenters. The number of pyridine rings is 1. The van der Waals surface area contributed by atoms with E-state index in [1.807, 2.05) is 17.0 Å². The molecule has 2 heterocycles. The van der Waals surface area contributed by atoms with Gasteiger partial charge >= 0.3 is 0 Å². The Morgan fingerprint density at radius 2 is 1.92 bits per heavy atom. The van der Waals surface area contributed by atoms with Crippen LogP contribution in [0.25, 0.3) is 10.9 Å². The van der Waals surface area contributed by atoms with E-state index in [-0.39, 0.29) is 11.5 Å². The fraction of sp³-hybridized carbons (Fsp3) is 0.474. The first-order valence-electron chi connectivity index (χ1n) is 8.68. The van der Waals surface area contributed by atoms with Crippen LogP contribution >= 0.6 is 0 Å². The minimum absolute atomic E-state index is 0.0482. The van der Waals surface area contributed by atoms with Crippen molar-refractivity contribution in [1.82, 2.24) is 14.8 Å². The Labute approximate surface area is 142 Å². The number of nitrogens with zero attached hydrogens (tertiary/aromatic N) is 2. The van der Waals surface area contributed by atoms with Crippen LogP contribution in [0.15, 0.2) is 35.1 Å². The van der Waals surface area contributed by atoms with E-state index in [1.54, 1.807) is 10.6 Å². The second-order valence-corrected chi connectivity index (χ2v) is 6.68. The van der Waals surface area contributed by atoms with Crippen LogP contribution in [0.1, 0.15) is 31.7 Å². The molecule has 128 valence electrons. The van der Waals surface area contributed by atoms with Crippen LogP contribution in [0.5, 0.6) is 0 Å². The van der Waals surface area contributed by atoms with Crippen LogP contribution in [0.3, 0.4) is 0 Å². The molecule has 1 aliphatic rings. The smallest absolute Gasteiger partial charge is 0.251 e. The number of aromatic nitrogens is 1. The minimum Gasteiger partial charge on any atom is -0.340 e. The molecule has 24 heavy (non-hydrogen) atoms. The second-order valence-electron chi connectivity index (χ2n) is 6.68. The highest BCUT2D eigenvalue weighted by Gasteiger charge is 2.16. The van der Waals surface area contributed by atoms with Crippen molar-refractivity contribution in [2.75, 3.05) is 26.2 Å². The van der Waals surface area contributed by atoms with Crippen molar-refractivity contribution >= 4 is 16.8 Å². The molecule has 1 aromatic carbocycles. The number of nitrogens with one attached hydrogen (secondary N) is 1. The van der Waals surface area contributed by atoms with Gasteiger partial charge in [0.25, 0.3) is 5.56 Å². The Bertz CT molecular complexity index is 789. The predicted octanol–water partition coefficient (Wildman–Crippen LogP) is 1.95. The molecule has 5 heteroatoms. The standard InChI is InChI=1S/C19H25N3O2/c1-14(2)15-3-5-17-16(13-15)4-6-19(24)22(17)10-7-18(23)21-11-8-20-9-12-21/h3-6,13-14,20H,7-12H2,1-2H3. The van der Waals surface area contributed by atoms with Crippen molar-refractivity contribution in [3.63, 3.8) is 0 Å². The Kier molecular flexibility index (Phi) is 5.00. The summed E-state index contributed by atoms with van der Waals surface area (Å²) in [6, 6.07) is 9.68. The van der Waals surface area contributed by atoms with Gasteiger partial charge in [-0.1, -0.05) is 19.9 Å². The number of fused-ring (bicyclic) bond motifs is 1. The van der Waals surface area contributed by atoms with E-state index < -0.39 is 0 Å². The molecule has 0 aliphatic carbocycles. The summed E-state index contributed by atoms with van der Waals surface area (Å²) in [6.07, 6.45) is 0.366. The van der Waals surface area contributed by atoms with Crippen molar-refractivity contribution in [1.29, 1.82) is 0 Å². The lowest BCUT2D eigenvalue weighted by Gasteiger charge is -2.27. The predicted molar refractivity (Wildman–Crippen MR) is 96.4 cm³/mol. The van der Waals surface area contributed by atoms with E-state index in [2.05, 4.69) is 31.3 Å².